The largest absolute Gasteiger partial charge is 0.502 e. The van der Waals surface area contributed by atoms with Crippen molar-refractivity contribution in [2.24, 2.45) is 0 Å². The van der Waals surface area contributed by atoms with Crippen LogP contribution in [0.15, 0.2) is 64.3 Å². The maximum Gasteiger partial charge on any atom is 0.200 e. The molecule has 0 aliphatic heterocycles. The Morgan fingerprint density at radius 1 is 0.931 bits per heavy atom. The van der Waals surface area contributed by atoms with Gasteiger partial charge in [0.05, 0.1) is 25.3 Å². The average Bonchev–Trinajstić information content (AvgIpc) is 2.77. The van der Waals surface area contributed by atoms with Crippen molar-refractivity contribution in [2.75, 3.05) is 20.5 Å². The molecule has 6 heteroatoms. The maximum absolute atomic E-state index is 13.0. The molecule has 3 aromatic carbocycles. The lowest BCUT2D eigenvalue weighted by atomic mass is 10.1. The molecule has 0 radical (unpaired) electrons. The van der Waals surface area contributed by atoms with E-state index in [4.69, 9.17) is 9.47 Å². The first-order valence-corrected chi connectivity index (χ1v) is 10.3. The second-order valence-corrected chi connectivity index (χ2v) is 7.54. The normalized spacial score (nSPS) is 11.1. The number of methoxy groups -OCH3 is 2. The highest BCUT2D eigenvalue weighted by Crippen LogP contribution is 2.37. The van der Waals surface area contributed by atoms with Crippen LogP contribution >= 0.6 is 11.8 Å². The third kappa shape index (κ3) is 3.29. The van der Waals surface area contributed by atoms with Gasteiger partial charge in [-0.1, -0.05) is 12.1 Å². The highest BCUT2D eigenvalue weighted by molar-refractivity contribution is 7.98. The van der Waals surface area contributed by atoms with Crippen LogP contribution in [0.4, 0.5) is 0 Å². The van der Waals surface area contributed by atoms with Crippen molar-refractivity contribution in [2.45, 2.75) is 11.4 Å². The molecule has 0 saturated carbocycles. The van der Waals surface area contributed by atoms with Gasteiger partial charge in [0.1, 0.15) is 0 Å². The predicted molar refractivity (Wildman–Crippen MR) is 118 cm³/mol. The summed E-state index contributed by atoms with van der Waals surface area (Å²) in [6, 6.07) is 17.1. The Morgan fingerprint density at radius 2 is 1.59 bits per heavy atom. The lowest BCUT2D eigenvalue weighted by Gasteiger charge is -2.17. The van der Waals surface area contributed by atoms with E-state index in [1.54, 1.807) is 23.9 Å². The number of pyridine rings is 1. The summed E-state index contributed by atoms with van der Waals surface area (Å²) in [5, 5.41) is 11.6. The molecule has 4 aromatic rings. The second kappa shape index (κ2) is 7.72. The summed E-state index contributed by atoms with van der Waals surface area (Å²) in [5.41, 5.74) is 2.64. The van der Waals surface area contributed by atoms with Crippen molar-refractivity contribution in [3.63, 3.8) is 0 Å². The van der Waals surface area contributed by atoms with Crippen LogP contribution in [0, 0.1) is 0 Å². The van der Waals surface area contributed by atoms with Crippen LogP contribution in [-0.2, 0) is 6.54 Å². The van der Waals surface area contributed by atoms with Gasteiger partial charge in [-0.05, 0) is 54.3 Å². The summed E-state index contributed by atoms with van der Waals surface area (Å²) in [5.74, 6) is 0.663. The molecule has 0 amide bonds. The standard InChI is InChI=1S/C23H21NO4S/c1-27-20-10-14(11-21(28-2)23(20)26)13-24-18-7-5-4-6-16(18)22(25)17-9-8-15(29-3)12-19(17)24/h4-12,26H,13H2,1-3H3. The smallest absolute Gasteiger partial charge is 0.200 e. The second-order valence-electron chi connectivity index (χ2n) is 6.66. The van der Waals surface area contributed by atoms with Gasteiger partial charge in [-0.25, -0.2) is 0 Å². The van der Waals surface area contributed by atoms with Crippen LogP contribution in [-0.4, -0.2) is 30.1 Å². The third-order valence-corrected chi connectivity index (χ3v) is 5.79. The first kappa shape index (κ1) is 19.2. The molecule has 0 saturated heterocycles. The van der Waals surface area contributed by atoms with E-state index in [1.807, 2.05) is 48.7 Å². The number of hydrogen-bond donors (Lipinski definition) is 1. The maximum atomic E-state index is 13.0. The molecule has 0 fully saturated rings. The molecule has 5 nitrogen and oxygen atoms in total. The predicted octanol–water partition coefficient (Wildman–Crippen LogP) is 4.65. The third-order valence-electron chi connectivity index (χ3n) is 5.06. The van der Waals surface area contributed by atoms with E-state index in [2.05, 4.69) is 4.57 Å². The van der Waals surface area contributed by atoms with Gasteiger partial charge in [0, 0.05) is 22.2 Å². The van der Waals surface area contributed by atoms with Crippen LogP contribution in [0.1, 0.15) is 5.56 Å². The van der Waals surface area contributed by atoms with Gasteiger partial charge in [-0.2, -0.15) is 0 Å². The number of phenols is 1. The number of fused-ring (bicyclic) bond motifs is 2. The Morgan fingerprint density at radius 3 is 2.24 bits per heavy atom. The first-order valence-electron chi connectivity index (χ1n) is 9.10. The van der Waals surface area contributed by atoms with Crippen molar-refractivity contribution in [1.82, 2.24) is 4.57 Å². The molecule has 1 heterocycles. The zero-order valence-corrected chi connectivity index (χ0v) is 17.2. The Balaban J connectivity index is 2.02. The van der Waals surface area contributed by atoms with E-state index in [0.29, 0.717) is 28.8 Å². The van der Waals surface area contributed by atoms with Gasteiger partial charge in [-0.3, -0.25) is 4.79 Å². The summed E-state index contributed by atoms with van der Waals surface area (Å²) < 4.78 is 12.7. The Hall–Kier alpha value is -3.12. The fourth-order valence-corrected chi connectivity index (χ4v) is 4.06. The molecule has 0 spiro atoms. The van der Waals surface area contributed by atoms with Crippen LogP contribution in [0.25, 0.3) is 21.8 Å². The number of hydrogen-bond acceptors (Lipinski definition) is 5. The summed E-state index contributed by atoms with van der Waals surface area (Å²) in [4.78, 5) is 14.1. The quantitative estimate of drug-likeness (QED) is 0.386. The molecule has 0 aliphatic rings. The molecule has 148 valence electrons. The van der Waals surface area contributed by atoms with Crippen molar-refractivity contribution >= 4 is 33.6 Å². The number of nitrogens with zero attached hydrogens (tertiary/aromatic N) is 1. The number of benzene rings is 3. The number of aromatic hydroxyl groups is 1. The van der Waals surface area contributed by atoms with Gasteiger partial charge >= 0.3 is 0 Å². The minimum atomic E-state index is -0.0296. The van der Waals surface area contributed by atoms with Crippen LogP contribution in [0.5, 0.6) is 17.2 Å². The molecule has 4 rings (SSSR count). The highest BCUT2D eigenvalue weighted by atomic mass is 32.2. The first-order chi connectivity index (χ1) is 14.1. The minimum absolute atomic E-state index is 0.0281. The zero-order valence-electron chi connectivity index (χ0n) is 16.4. The van der Waals surface area contributed by atoms with E-state index in [-0.39, 0.29) is 11.2 Å². The van der Waals surface area contributed by atoms with Crippen molar-refractivity contribution in [3.05, 3.63) is 70.4 Å². The SMILES string of the molecule is COc1cc(Cn2c3ccccc3c(=O)c3ccc(SC)cc32)cc(OC)c1O. The molecular weight excluding hydrogens is 386 g/mol. The Kier molecular flexibility index (Phi) is 5.11. The molecule has 1 aromatic heterocycles. The molecule has 29 heavy (non-hydrogen) atoms. The van der Waals surface area contributed by atoms with Gasteiger partial charge in [-0.15, -0.1) is 11.8 Å². The fourth-order valence-electron chi connectivity index (χ4n) is 3.62. The van der Waals surface area contributed by atoms with E-state index < -0.39 is 0 Å². The van der Waals surface area contributed by atoms with Crippen molar-refractivity contribution < 1.29 is 14.6 Å². The van der Waals surface area contributed by atoms with E-state index in [9.17, 15) is 9.90 Å². The monoisotopic (exact) mass is 407 g/mol. The number of thioether (sulfide) groups is 1. The molecule has 1 N–H and O–H groups in total. The van der Waals surface area contributed by atoms with Crippen LogP contribution in [0.3, 0.4) is 0 Å². The molecule has 0 aliphatic carbocycles. The van der Waals surface area contributed by atoms with Gasteiger partial charge in [0.2, 0.25) is 5.75 Å². The van der Waals surface area contributed by atoms with E-state index in [1.165, 1.54) is 14.2 Å². The fraction of sp³-hybridized carbons (Fsp3) is 0.174. The number of rotatable bonds is 5. The van der Waals surface area contributed by atoms with Crippen LogP contribution in [0.2, 0.25) is 0 Å². The van der Waals surface area contributed by atoms with Crippen LogP contribution < -0.4 is 14.9 Å². The number of phenolic OH excluding ortho intramolecular Hbond substituents is 1. The molecule has 0 unspecified atom stereocenters. The Labute approximate surface area is 172 Å². The minimum Gasteiger partial charge on any atom is -0.502 e. The molecular formula is C23H21NO4S. The number of para-hydroxylation sites is 1. The summed E-state index contributed by atoms with van der Waals surface area (Å²) in [6.07, 6.45) is 2.01. The van der Waals surface area contributed by atoms with E-state index >= 15 is 0 Å². The topological polar surface area (TPSA) is 60.7 Å². The van der Waals surface area contributed by atoms with Crippen molar-refractivity contribution in [1.29, 1.82) is 0 Å². The van der Waals surface area contributed by atoms with Gasteiger partial charge < -0.3 is 19.1 Å². The van der Waals surface area contributed by atoms with E-state index in [0.717, 1.165) is 21.5 Å². The van der Waals surface area contributed by atoms with Gasteiger partial charge in [0.25, 0.3) is 0 Å². The van der Waals surface area contributed by atoms with Gasteiger partial charge in [0.15, 0.2) is 16.9 Å². The summed E-state index contributed by atoms with van der Waals surface area (Å²) in [6.45, 7) is 0.488. The lowest BCUT2D eigenvalue weighted by molar-refractivity contribution is 0.339. The zero-order chi connectivity index (χ0) is 20.5. The summed E-state index contributed by atoms with van der Waals surface area (Å²) >= 11 is 1.64. The highest BCUT2D eigenvalue weighted by Gasteiger charge is 2.15. The summed E-state index contributed by atoms with van der Waals surface area (Å²) in [7, 11) is 3.01. The molecule has 0 atom stereocenters. The number of ether oxygens (including phenoxy) is 2. The molecule has 0 bridgehead atoms. The average molecular weight is 407 g/mol. The Bertz CT molecular complexity index is 1250. The number of aromatic nitrogens is 1. The lowest BCUT2D eigenvalue weighted by Crippen LogP contribution is -2.12. The van der Waals surface area contributed by atoms with Crippen molar-refractivity contribution in [3.8, 4) is 17.2 Å².